The molecule has 0 fully saturated rings. The maximum Gasteiger partial charge on any atom is 0.330 e. The molecule has 2 aliphatic rings. The van der Waals surface area contributed by atoms with E-state index in [1.807, 2.05) is 24.6 Å². The van der Waals surface area contributed by atoms with Crippen LogP contribution in [0.5, 0.6) is 0 Å². The molecule has 5 heteroatoms. The van der Waals surface area contributed by atoms with Gasteiger partial charge in [-0.1, -0.05) is 12.2 Å². The zero-order valence-corrected chi connectivity index (χ0v) is 7.94. The first-order valence-corrected chi connectivity index (χ1v) is 4.70. The third-order valence-electron chi connectivity index (χ3n) is 2.15. The number of rotatable bonds is 0. The molecule has 2 rings (SSSR count). The lowest BCUT2D eigenvalue weighted by Crippen LogP contribution is -2.47. The molecule has 0 saturated heterocycles. The molecule has 2 heterocycles. The van der Waals surface area contributed by atoms with Crippen LogP contribution in [0.3, 0.4) is 0 Å². The Hall–Kier alpha value is -1.33. The second-order valence-corrected chi connectivity index (χ2v) is 3.22. The zero-order valence-electron chi connectivity index (χ0n) is 7.94. The number of amides is 2. The molecule has 14 heavy (non-hydrogen) atoms. The van der Waals surface area contributed by atoms with Gasteiger partial charge in [-0.15, -0.1) is 0 Å². The molecule has 2 aliphatic heterocycles. The van der Waals surface area contributed by atoms with Gasteiger partial charge in [0.2, 0.25) is 0 Å². The number of hydrogen-bond donors (Lipinski definition) is 2. The largest absolute Gasteiger partial charge is 0.330 e. The fourth-order valence-electron chi connectivity index (χ4n) is 1.43. The summed E-state index contributed by atoms with van der Waals surface area (Å²) in [6.07, 6.45) is 7.51. The summed E-state index contributed by atoms with van der Waals surface area (Å²) in [5, 5.41) is 6.20. The Balaban J connectivity index is 1.99. The number of nitrogens with one attached hydrogen (secondary N) is 2. The van der Waals surface area contributed by atoms with Crippen LogP contribution >= 0.6 is 0 Å². The van der Waals surface area contributed by atoms with Crippen LogP contribution in [0, 0.1) is 0 Å². The fourth-order valence-corrected chi connectivity index (χ4v) is 1.43. The lowest BCUT2D eigenvalue weighted by molar-refractivity contribution is 0.178. The number of nitrogens with zero attached hydrogens (tertiary/aromatic N) is 2. The molecule has 0 spiro atoms. The average molecular weight is 194 g/mol. The maximum atomic E-state index is 11.8. The Morgan fingerprint density at radius 3 is 1.86 bits per heavy atom. The molecule has 0 aromatic heterocycles. The molecule has 0 aromatic carbocycles. The van der Waals surface area contributed by atoms with E-state index in [1.165, 1.54) is 0 Å². The minimum atomic E-state index is -0.00287. The van der Waals surface area contributed by atoms with E-state index in [4.69, 9.17) is 0 Å². The predicted octanol–water partition coefficient (Wildman–Crippen LogP) is -0.141. The van der Waals surface area contributed by atoms with Crippen molar-refractivity contribution in [1.29, 1.82) is 0 Å². The van der Waals surface area contributed by atoms with Crippen LogP contribution in [-0.2, 0) is 0 Å². The smallest absolute Gasteiger partial charge is 0.296 e. The fraction of sp³-hybridized carbons (Fsp3) is 0.444. The molecular weight excluding hydrogens is 180 g/mol. The summed E-state index contributed by atoms with van der Waals surface area (Å²) >= 11 is 0. The lowest BCUT2D eigenvalue weighted by atomic mass is 10.4. The highest BCUT2D eigenvalue weighted by Crippen LogP contribution is 2.03. The molecule has 0 unspecified atom stereocenters. The SMILES string of the molecule is O=C(N1C=CCNC1)N1C=CCNC1. The van der Waals surface area contributed by atoms with Gasteiger partial charge in [0.15, 0.2) is 0 Å². The molecule has 5 nitrogen and oxygen atoms in total. The third kappa shape index (κ3) is 1.94. The number of carbonyl (C=O) groups is 1. The van der Waals surface area contributed by atoms with E-state index >= 15 is 0 Å². The van der Waals surface area contributed by atoms with E-state index in [2.05, 4.69) is 10.6 Å². The summed E-state index contributed by atoms with van der Waals surface area (Å²) in [6, 6.07) is -0.00287. The van der Waals surface area contributed by atoms with Gasteiger partial charge in [-0.2, -0.15) is 0 Å². The van der Waals surface area contributed by atoms with Crippen molar-refractivity contribution in [1.82, 2.24) is 20.4 Å². The Labute approximate surface area is 83.0 Å². The lowest BCUT2D eigenvalue weighted by Gasteiger charge is -2.29. The number of carbonyl (C=O) groups excluding carboxylic acids is 1. The topological polar surface area (TPSA) is 47.6 Å². The van der Waals surface area contributed by atoms with E-state index in [0.29, 0.717) is 13.3 Å². The Morgan fingerprint density at radius 2 is 1.50 bits per heavy atom. The summed E-state index contributed by atoms with van der Waals surface area (Å²) < 4.78 is 0. The zero-order chi connectivity index (χ0) is 9.80. The first-order chi connectivity index (χ1) is 6.88. The number of hydrogen-bond acceptors (Lipinski definition) is 3. The van der Waals surface area contributed by atoms with Gasteiger partial charge in [-0.05, 0) is 0 Å². The monoisotopic (exact) mass is 194 g/mol. The quantitative estimate of drug-likeness (QED) is 0.564. The summed E-state index contributed by atoms with van der Waals surface area (Å²) in [5.41, 5.74) is 0. The van der Waals surface area contributed by atoms with E-state index in [0.717, 1.165) is 13.1 Å². The van der Waals surface area contributed by atoms with Crippen LogP contribution in [0.2, 0.25) is 0 Å². The molecule has 0 saturated carbocycles. The van der Waals surface area contributed by atoms with Crippen molar-refractivity contribution in [2.45, 2.75) is 0 Å². The highest BCUT2D eigenvalue weighted by atomic mass is 16.2. The van der Waals surface area contributed by atoms with E-state index in [-0.39, 0.29) is 6.03 Å². The minimum Gasteiger partial charge on any atom is -0.296 e. The normalized spacial score (nSPS) is 21.4. The molecule has 0 aliphatic carbocycles. The van der Waals surface area contributed by atoms with Crippen molar-refractivity contribution in [3.05, 3.63) is 24.6 Å². The van der Waals surface area contributed by atoms with Crippen molar-refractivity contribution >= 4 is 6.03 Å². The molecule has 2 N–H and O–H groups in total. The van der Waals surface area contributed by atoms with Gasteiger partial charge in [-0.3, -0.25) is 20.4 Å². The molecule has 0 atom stereocenters. The first-order valence-electron chi connectivity index (χ1n) is 4.70. The predicted molar refractivity (Wildman–Crippen MR) is 53.1 cm³/mol. The first kappa shape index (κ1) is 9.23. The second-order valence-electron chi connectivity index (χ2n) is 3.22. The minimum absolute atomic E-state index is 0.00287. The summed E-state index contributed by atoms with van der Waals surface area (Å²) in [7, 11) is 0. The highest BCUT2D eigenvalue weighted by molar-refractivity contribution is 5.76. The van der Waals surface area contributed by atoms with Gasteiger partial charge in [-0.25, -0.2) is 4.79 Å². The second kappa shape index (κ2) is 4.26. The highest BCUT2D eigenvalue weighted by Gasteiger charge is 2.18. The van der Waals surface area contributed by atoms with Gasteiger partial charge in [0.25, 0.3) is 0 Å². The Morgan fingerprint density at radius 1 is 1.00 bits per heavy atom. The van der Waals surface area contributed by atoms with Gasteiger partial charge in [0.1, 0.15) is 0 Å². The summed E-state index contributed by atoms with van der Waals surface area (Å²) in [6.45, 7) is 2.83. The Kier molecular flexibility index (Phi) is 2.81. The van der Waals surface area contributed by atoms with Crippen LogP contribution in [0.15, 0.2) is 24.6 Å². The van der Waals surface area contributed by atoms with Crippen LogP contribution in [0.4, 0.5) is 4.79 Å². The van der Waals surface area contributed by atoms with Gasteiger partial charge < -0.3 is 0 Å². The maximum absolute atomic E-state index is 11.8. The Bertz CT molecular complexity index is 248. The van der Waals surface area contributed by atoms with Crippen molar-refractivity contribution in [3.8, 4) is 0 Å². The third-order valence-corrected chi connectivity index (χ3v) is 2.15. The van der Waals surface area contributed by atoms with E-state index in [9.17, 15) is 4.79 Å². The van der Waals surface area contributed by atoms with Crippen molar-refractivity contribution < 1.29 is 4.79 Å². The summed E-state index contributed by atoms with van der Waals surface area (Å²) in [4.78, 5) is 15.1. The van der Waals surface area contributed by atoms with Crippen LogP contribution in [0.25, 0.3) is 0 Å². The van der Waals surface area contributed by atoms with E-state index in [1.54, 1.807) is 9.80 Å². The molecule has 76 valence electrons. The molecule has 0 bridgehead atoms. The van der Waals surface area contributed by atoms with Gasteiger partial charge in [0.05, 0.1) is 13.3 Å². The molecule has 0 aromatic rings. The van der Waals surface area contributed by atoms with Crippen LogP contribution in [-0.4, -0.2) is 42.3 Å². The molecular formula is C9H14N4O. The van der Waals surface area contributed by atoms with Crippen LogP contribution < -0.4 is 10.6 Å². The molecule has 0 radical (unpaired) electrons. The van der Waals surface area contributed by atoms with Gasteiger partial charge >= 0.3 is 6.03 Å². The average Bonchev–Trinajstić information content (AvgIpc) is 2.30. The standard InChI is InChI=1S/C9H14N4O/c14-9(12-5-1-3-10-7-12)13-6-2-4-11-8-13/h1-2,5-6,10-11H,3-4,7-8H2. The van der Waals surface area contributed by atoms with Crippen molar-refractivity contribution in [2.24, 2.45) is 0 Å². The number of urea groups is 1. The van der Waals surface area contributed by atoms with Crippen LogP contribution in [0.1, 0.15) is 0 Å². The summed E-state index contributed by atoms with van der Waals surface area (Å²) in [5.74, 6) is 0. The van der Waals surface area contributed by atoms with E-state index < -0.39 is 0 Å². The van der Waals surface area contributed by atoms with Gasteiger partial charge in [0, 0.05) is 25.5 Å². The van der Waals surface area contributed by atoms with Crippen molar-refractivity contribution in [3.63, 3.8) is 0 Å². The van der Waals surface area contributed by atoms with Crippen molar-refractivity contribution in [2.75, 3.05) is 26.4 Å². The molecule has 2 amide bonds.